The first-order valence-corrected chi connectivity index (χ1v) is 10.6. The number of ether oxygens (including phenoxy) is 1. The summed E-state index contributed by atoms with van der Waals surface area (Å²) in [5, 5.41) is 1.89. The smallest absolute Gasteiger partial charge is 0.251 e. The second-order valence-corrected chi connectivity index (χ2v) is 8.96. The monoisotopic (exact) mass is 394 g/mol. The standard InChI is InChI=1S/C20H27ClN2O2S/c1-13(2)8-11-25-14(3)20(24)23-9-6-15(7-10-23)19-22-17-12-16(21)4-5-18(17)26-19/h4-5,12-15H,6-11H2,1-3H3. The average Bonchev–Trinajstić information content (AvgIpc) is 3.04. The lowest BCUT2D eigenvalue weighted by Crippen LogP contribution is -2.43. The lowest BCUT2D eigenvalue weighted by atomic mass is 9.97. The van der Waals surface area contributed by atoms with Gasteiger partial charge in [-0.25, -0.2) is 4.98 Å². The molecule has 26 heavy (non-hydrogen) atoms. The summed E-state index contributed by atoms with van der Waals surface area (Å²) in [5.41, 5.74) is 0.975. The van der Waals surface area contributed by atoms with E-state index in [1.807, 2.05) is 30.0 Å². The third-order valence-electron chi connectivity index (χ3n) is 4.93. The van der Waals surface area contributed by atoms with Crippen LogP contribution >= 0.6 is 22.9 Å². The highest BCUT2D eigenvalue weighted by Crippen LogP contribution is 2.34. The molecule has 1 fully saturated rings. The summed E-state index contributed by atoms with van der Waals surface area (Å²) in [5.74, 6) is 1.13. The zero-order chi connectivity index (χ0) is 18.7. The number of hydrogen-bond donors (Lipinski definition) is 0. The topological polar surface area (TPSA) is 42.4 Å². The molecule has 0 N–H and O–H groups in total. The first-order chi connectivity index (χ1) is 12.4. The first-order valence-electron chi connectivity index (χ1n) is 9.40. The van der Waals surface area contributed by atoms with Gasteiger partial charge in [0.1, 0.15) is 6.10 Å². The van der Waals surface area contributed by atoms with Crippen LogP contribution in [0.15, 0.2) is 18.2 Å². The van der Waals surface area contributed by atoms with Crippen molar-refractivity contribution in [2.45, 2.75) is 52.1 Å². The molecular formula is C20H27ClN2O2S. The molecule has 1 saturated heterocycles. The fourth-order valence-electron chi connectivity index (χ4n) is 3.25. The Bertz CT molecular complexity index is 753. The van der Waals surface area contributed by atoms with E-state index in [1.165, 1.54) is 4.70 Å². The number of likely N-dealkylation sites (tertiary alicyclic amines) is 1. The van der Waals surface area contributed by atoms with Gasteiger partial charge < -0.3 is 9.64 Å². The van der Waals surface area contributed by atoms with Crippen LogP contribution in [0.2, 0.25) is 5.02 Å². The average molecular weight is 395 g/mol. The van der Waals surface area contributed by atoms with Crippen LogP contribution in [0.25, 0.3) is 10.2 Å². The van der Waals surface area contributed by atoms with E-state index in [2.05, 4.69) is 13.8 Å². The lowest BCUT2D eigenvalue weighted by molar-refractivity contribution is -0.143. The molecular weight excluding hydrogens is 368 g/mol. The van der Waals surface area contributed by atoms with Crippen molar-refractivity contribution in [2.75, 3.05) is 19.7 Å². The predicted molar refractivity (Wildman–Crippen MR) is 108 cm³/mol. The highest BCUT2D eigenvalue weighted by Gasteiger charge is 2.28. The third-order valence-corrected chi connectivity index (χ3v) is 6.37. The molecule has 1 aliphatic heterocycles. The summed E-state index contributed by atoms with van der Waals surface area (Å²) in [6.07, 6.45) is 2.55. The zero-order valence-corrected chi connectivity index (χ0v) is 17.3. The van der Waals surface area contributed by atoms with Crippen molar-refractivity contribution < 1.29 is 9.53 Å². The van der Waals surface area contributed by atoms with E-state index in [0.29, 0.717) is 18.4 Å². The number of carbonyl (C=O) groups excluding carboxylic acids is 1. The number of hydrogen-bond acceptors (Lipinski definition) is 4. The molecule has 2 heterocycles. The van der Waals surface area contributed by atoms with E-state index < -0.39 is 0 Å². The van der Waals surface area contributed by atoms with Crippen molar-refractivity contribution in [3.05, 3.63) is 28.2 Å². The lowest BCUT2D eigenvalue weighted by Gasteiger charge is -2.32. The van der Waals surface area contributed by atoms with Crippen LogP contribution in [-0.4, -0.2) is 41.6 Å². The van der Waals surface area contributed by atoms with E-state index in [1.54, 1.807) is 11.3 Å². The van der Waals surface area contributed by atoms with E-state index >= 15 is 0 Å². The van der Waals surface area contributed by atoms with Crippen LogP contribution < -0.4 is 0 Å². The maximum Gasteiger partial charge on any atom is 0.251 e. The fourth-order valence-corrected chi connectivity index (χ4v) is 4.53. The number of carbonyl (C=O) groups is 1. The molecule has 0 radical (unpaired) electrons. The molecule has 1 aliphatic rings. The molecule has 3 rings (SSSR count). The van der Waals surface area contributed by atoms with E-state index in [4.69, 9.17) is 21.3 Å². The summed E-state index contributed by atoms with van der Waals surface area (Å²) in [4.78, 5) is 19.3. The summed E-state index contributed by atoms with van der Waals surface area (Å²) in [7, 11) is 0. The molecule has 6 heteroatoms. The van der Waals surface area contributed by atoms with E-state index in [-0.39, 0.29) is 12.0 Å². The highest BCUT2D eigenvalue weighted by molar-refractivity contribution is 7.18. The second-order valence-electron chi connectivity index (χ2n) is 7.46. The predicted octanol–water partition coefficient (Wildman–Crippen LogP) is 5.11. The van der Waals surface area contributed by atoms with Gasteiger partial charge in [0.15, 0.2) is 0 Å². The Kier molecular flexibility index (Phi) is 6.54. The molecule has 0 saturated carbocycles. The number of halogens is 1. The Morgan fingerprint density at radius 1 is 1.35 bits per heavy atom. The van der Waals surface area contributed by atoms with Gasteiger partial charge in [-0.1, -0.05) is 25.4 Å². The summed E-state index contributed by atoms with van der Waals surface area (Å²) >= 11 is 7.80. The first kappa shape index (κ1) is 19.6. The molecule has 4 nitrogen and oxygen atoms in total. The van der Waals surface area contributed by atoms with Crippen LogP contribution in [0.5, 0.6) is 0 Å². The van der Waals surface area contributed by atoms with Gasteiger partial charge in [-0.15, -0.1) is 11.3 Å². The molecule has 1 amide bonds. The maximum atomic E-state index is 12.6. The number of aromatic nitrogens is 1. The van der Waals surface area contributed by atoms with Crippen LogP contribution in [0.1, 0.15) is 51.0 Å². The number of amides is 1. The second kappa shape index (κ2) is 8.68. The van der Waals surface area contributed by atoms with Gasteiger partial charge in [-0.05, 0) is 50.3 Å². The van der Waals surface area contributed by atoms with Gasteiger partial charge in [0.25, 0.3) is 5.91 Å². The Morgan fingerprint density at radius 2 is 2.08 bits per heavy atom. The van der Waals surface area contributed by atoms with E-state index in [9.17, 15) is 4.79 Å². The van der Waals surface area contributed by atoms with Gasteiger partial charge in [-0.2, -0.15) is 0 Å². The van der Waals surface area contributed by atoms with Crippen LogP contribution in [-0.2, 0) is 9.53 Å². The Labute approximate surface area is 164 Å². The fraction of sp³-hybridized carbons (Fsp3) is 0.600. The molecule has 1 aromatic heterocycles. The minimum absolute atomic E-state index is 0.114. The van der Waals surface area contributed by atoms with Gasteiger partial charge in [0, 0.05) is 30.6 Å². The molecule has 1 unspecified atom stereocenters. The van der Waals surface area contributed by atoms with Crippen LogP contribution in [0, 0.1) is 5.92 Å². The molecule has 1 aromatic carbocycles. The largest absolute Gasteiger partial charge is 0.369 e. The minimum atomic E-state index is -0.352. The third kappa shape index (κ3) is 4.76. The molecule has 1 atom stereocenters. The summed E-state index contributed by atoms with van der Waals surface area (Å²) < 4.78 is 6.89. The van der Waals surface area contributed by atoms with Gasteiger partial charge in [0.2, 0.25) is 0 Å². The number of fused-ring (bicyclic) bond motifs is 1. The van der Waals surface area contributed by atoms with Gasteiger partial charge in [0.05, 0.1) is 15.2 Å². The number of benzene rings is 1. The van der Waals surface area contributed by atoms with Gasteiger partial charge in [-0.3, -0.25) is 4.79 Å². The molecule has 0 aliphatic carbocycles. The molecule has 0 bridgehead atoms. The molecule has 142 valence electrons. The Balaban J connectivity index is 1.53. The van der Waals surface area contributed by atoms with Crippen molar-refractivity contribution in [2.24, 2.45) is 5.92 Å². The summed E-state index contributed by atoms with van der Waals surface area (Å²) in [6, 6.07) is 5.87. The van der Waals surface area contributed by atoms with Crippen molar-refractivity contribution >= 4 is 39.1 Å². The van der Waals surface area contributed by atoms with Crippen molar-refractivity contribution in [3.8, 4) is 0 Å². The highest BCUT2D eigenvalue weighted by atomic mass is 35.5. The molecule has 0 spiro atoms. The van der Waals surface area contributed by atoms with Crippen LogP contribution in [0.3, 0.4) is 0 Å². The normalized spacial score (nSPS) is 17.2. The number of nitrogens with zero attached hydrogens (tertiary/aromatic N) is 2. The maximum absolute atomic E-state index is 12.6. The van der Waals surface area contributed by atoms with Crippen molar-refractivity contribution in [3.63, 3.8) is 0 Å². The Hall–Kier alpha value is -1.17. The molecule has 2 aromatic rings. The van der Waals surface area contributed by atoms with E-state index in [0.717, 1.165) is 47.9 Å². The number of piperidine rings is 1. The number of rotatable bonds is 6. The Morgan fingerprint density at radius 3 is 2.77 bits per heavy atom. The SMILES string of the molecule is CC(C)CCOC(C)C(=O)N1CCC(c2nc3cc(Cl)ccc3s2)CC1. The number of thiazole rings is 1. The van der Waals surface area contributed by atoms with Gasteiger partial charge >= 0.3 is 0 Å². The van der Waals surface area contributed by atoms with Crippen LogP contribution in [0.4, 0.5) is 0 Å². The minimum Gasteiger partial charge on any atom is -0.369 e. The van der Waals surface area contributed by atoms with Crippen molar-refractivity contribution in [1.82, 2.24) is 9.88 Å². The van der Waals surface area contributed by atoms with Crippen molar-refractivity contribution in [1.29, 1.82) is 0 Å². The summed E-state index contributed by atoms with van der Waals surface area (Å²) in [6.45, 7) is 8.39. The quantitative estimate of drug-likeness (QED) is 0.683. The zero-order valence-electron chi connectivity index (χ0n) is 15.7.